The van der Waals surface area contributed by atoms with Gasteiger partial charge in [0.05, 0.1) is 0 Å². The van der Waals surface area contributed by atoms with Crippen LogP contribution in [0.5, 0.6) is 0 Å². The summed E-state index contributed by atoms with van der Waals surface area (Å²) in [5, 5.41) is 3.23. The van der Waals surface area contributed by atoms with Crippen LogP contribution < -0.4 is 5.32 Å². The second-order valence-electron chi connectivity index (χ2n) is 5.76. The van der Waals surface area contributed by atoms with Crippen LogP contribution in [0.1, 0.15) is 44.9 Å². The van der Waals surface area contributed by atoms with Crippen LogP contribution >= 0.6 is 12.4 Å². The highest BCUT2D eigenvalue weighted by molar-refractivity contribution is 5.85. The Morgan fingerprint density at radius 2 is 1.83 bits per heavy atom. The van der Waals surface area contributed by atoms with Crippen LogP contribution in [-0.2, 0) is 4.79 Å². The van der Waals surface area contributed by atoms with Gasteiger partial charge in [-0.05, 0) is 51.1 Å². The largest absolute Gasteiger partial charge is 0.342 e. The molecule has 0 spiro atoms. The van der Waals surface area contributed by atoms with E-state index in [0.717, 1.165) is 26.1 Å². The first-order valence-corrected chi connectivity index (χ1v) is 7.22. The average Bonchev–Trinajstić information content (AvgIpc) is 2.83. The lowest BCUT2D eigenvalue weighted by atomic mass is 9.96. The minimum absolute atomic E-state index is 0. The molecule has 1 aliphatic carbocycles. The first kappa shape index (κ1) is 15.8. The topological polar surface area (TPSA) is 32.3 Å². The van der Waals surface area contributed by atoms with E-state index in [-0.39, 0.29) is 12.4 Å². The number of carbonyl (C=O) groups is 1. The molecule has 1 unspecified atom stereocenters. The molecule has 18 heavy (non-hydrogen) atoms. The lowest BCUT2D eigenvalue weighted by molar-refractivity contribution is -0.133. The maximum atomic E-state index is 12.2. The summed E-state index contributed by atoms with van der Waals surface area (Å²) >= 11 is 0. The second kappa shape index (κ2) is 8.00. The molecule has 1 amide bonds. The summed E-state index contributed by atoms with van der Waals surface area (Å²) in [6.07, 6.45) is 8.49. The van der Waals surface area contributed by atoms with Crippen molar-refractivity contribution in [3.05, 3.63) is 0 Å². The molecule has 0 aromatic heterocycles. The fourth-order valence-electron chi connectivity index (χ4n) is 3.34. The maximum Gasteiger partial charge on any atom is 0.222 e. The molecule has 1 N–H and O–H groups in total. The van der Waals surface area contributed by atoms with Crippen LogP contribution in [0.25, 0.3) is 0 Å². The van der Waals surface area contributed by atoms with Gasteiger partial charge < -0.3 is 10.2 Å². The highest BCUT2D eigenvalue weighted by Gasteiger charge is 2.26. The third kappa shape index (κ3) is 4.43. The zero-order valence-electron chi connectivity index (χ0n) is 11.5. The fraction of sp³-hybridized carbons (Fsp3) is 0.929. The predicted molar refractivity (Wildman–Crippen MR) is 77.1 cm³/mol. The summed E-state index contributed by atoms with van der Waals surface area (Å²) in [4.78, 5) is 14.3. The molecule has 0 bridgehead atoms. The van der Waals surface area contributed by atoms with Gasteiger partial charge in [-0.15, -0.1) is 12.4 Å². The number of halogens is 1. The van der Waals surface area contributed by atoms with Gasteiger partial charge in [-0.25, -0.2) is 0 Å². The predicted octanol–water partition coefficient (Wildman–Crippen LogP) is 2.45. The van der Waals surface area contributed by atoms with E-state index in [4.69, 9.17) is 0 Å². The van der Waals surface area contributed by atoms with Gasteiger partial charge in [-0.3, -0.25) is 4.79 Å². The van der Waals surface area contributed by atoms with Crippen LogP contribution in [0.2, 0.25) is 0 Å². The maximum absolute atomic E-state index is 12.2. The van der Waals surface area contributed by atoms with Gasteiger partial charge in [0.25, 0.3) is 0 Å². The van der Waals surface area contributed by atoms with Gasteiger partial charge in [-0.2, -0.15) is 0 Å². The molecule has 1 saturated carbocycles. The molecule has 1 saturated heterocycles. The van der Waals surface area contributed by atoms with Crippen LogP contribution in [0.4, 0.5) is 0 Å². The normalized spacial score (nSPS) is 24.9. The van der Waals surface area contributed by atoms with Gasteiger partial charge >= 0.3 is 0 Å². The van der Waals surface area contributed by atoms with E-state index in [0.29, 0.717) is 17.7 Å². The Balaban J connectivity index is 0.00000162. The summed E-state index contributed by atoms with van der Waals surface area (Å²) in [6.45, 7) is 3.02. The minimum atomic E-state index is 0. The molecule has 2 rings (SSSR count). The molecule has 4 heteroatoms. The molecular weight excluding hydrogens is 248 g/mol. The molecule has 0 radical (unpaired) electrons. The van der Waals surface area contributed by atoms with Gasteiger partial charge in [-0.1, -0.05) is 12.8 Å². The number of piperidine rings is 1. The standard InChI is InChI=1S/C14H26N2O.ClH/c1-15-10-13-7-4-8-16(11-13)14(17)9-12-5-2-3-6-12;/h12-13,15H,2-11H2,1H3;1H. The summed E-state index contributed by atoms with van der Waals surface area (Å²) in [6, 6.07) is 0. The van der Waals surface area contributed by atoms with Crippen molar-refractivity contribution >= 4 is 18.3 Å². The van der Waals surface area contributed by atoms with Crippen LogP contribution in [-0.4, -0.2) is 37.5 Å². The Labute approximate surface area is 117 Å². The van der Waals surface area contributed by atoms with Gasteiger partial charge in [0.15, 0.2) is 0 Å². The summed E-state index contributed by atoms with van der Waals surface area (Å²) < 4.78 is 0. The van der Waals surface area contributed by atoms with Crippen LogP contribution in [0.3, 0.4) is 0 Å². The lowest BCUT2D eigenvalue weighted by Crippen LogP contribution is -2.42. The SMILES string of the molecule is CNCC1CCCN(C(=O)CC2CCCC2)C1.Cl. The Hall–Kier alpha value is -0.280. The van der Waals surface area contributed by atoms with Crippen molar-refractivity contribution in [1.29, 1.82) is 0 Å². The molecule has 0 aromatic carbocycles. The molecule has 0 aromatic rings. The van der Waals surface area contributed by atoms with Gasteiger partial charge in [0.1, 0.15) is 0 Å². The number of nitrogens with one attached hydrogen (secondary N) is 1. The van der Waals surface area contributed by atoms with Crippen molar-refractivity contribution < 1.29 is 4.79 Å². The second-order valence-corrected chi connectivity index (χ2v) is 5.76. The Kier molecular flexibility index (Phi) is 7.02. The number of nitrogens with zero attached hydrogens (tertiary/aromatic N) is 1. The third-order valence-electron chi connectivity index (χ3n) is 4.30. The molecular formula is C14H27ClN2O. The quantitative estimate of drug-likeness (QED) is 0.854. The molecule has 1 atom stereocenters. The van der Waals surface area contributed by atoms with Crippen molar-refractivity contribution in [2.45, 2.75) is 44.9 Å². The third-order valence-corrected chi connectivity index (χ3v) is 4.30. The summed E-state index contributed by atoms with van der Waals surface area (Å²) in [5.41, 5.74) is 0. The molecule has 3 nitrogen and oxygen atoms in total. The smallest absolute Gasteiger partial charge is 0.222 e. The molecule has 2 fully saturated rings. The van der Waals surface area contributed by atoms with E-state index in [9.17, 15) is 4.79 Å². The Bertz CT molecular complexity index is 252. The zero-order chi connectivity index (χ0) is 12.1. The minimum Gasteiger partial charge on any atom is -0.342 e. The lowest BCUT2D eigenvalue weighted by Gasteiger charge is -2.33. The first-order valence-electron chi connectivity index (χ1n) is 7.22. The Morgan fingerprint density at radius 3 is 2.50 bits per heavy atom. The molecule has 1 heterocycles. The van der Waals surface area contributed by atoms with Crippen LogP contribution in [0, 0.1) is 11.8 Å². The highest BCUT2D eigenvalue weighted by atomic mass is 35.5. The van der Waals surface area contributed by atoms with Crippen molar-refractivity contribution in [1.82, 2.24) is 10.2 Å². The van der Waals surface area contributed by atoms with Crippen molar-refractivity contribution in [3.63, 3.8) is 0 Å². The van der Waals surface area contributed by atoms with E-state index in [1.165, 1.54) is 38.5 Å². The summed E-state index contributed by atoms with van der Waals surface area (Å²) in [5.74, 6) is 1.77. The number of amides is 1. The number of hydrogen-bond acceptors (Lipinski definition) is 2. The fourth-order valence-corrected chi connectivity index (χ4v) is 3.34. The van der Waals surface area contributed by atoms with Crippen molar-refractivity contribution in [2.24, 2.45) is 11.8 Å². The van der Waals surface area contributed by atoms with E-state index in [1.54, 1.807) is 0 Å². The van der Waals surface area contributed by atoms with E-state index in [2.05, 4.69) is 10.2 Å². The van der Waals surface area contributed by atoms with E-state index < -0.39 is 0 Å². The van der Waals surface area contributed by atoms with Crippen LogP contribution in [0.15, 0.2) is 0 Å². The zero-order valence-corrected chi connectivity index (χ0v) is 12.3. The monoisotopic (exact) mass is 274 g/mol. The molecule has 1 aliphatic heterocycles. The molecule has 106 valence electrons. The number of rotatable bonds is 4. The van der Waals surface area contributed by atoms with Crippen molar-refractivity contribution in [3.8, 4) is 0 Å². The average molecular weight is 275 g/mol. The number of likely N-dealkylation sites (tertiary alicyclic amines) is 1. The Morgan fingerprint density at radius 1 is 1.17 bits per heavy atom. The first-order chi connectivity index (χ1) is 8.29. The van der Waals surface area contributed by atoms with Gasteiger partial charge in [0.2, 0.25) is 5.91 Å². The highest BCUT2D eigenvalue weighted by Crippen LogP contribution is 2.28. The van der Waals surface area contributed by atoms with E-state index in [1.807, 2.05) is 7.05 Å². The summed E-state index contributed by atoms with van der Waals surface area (Å²) in [7, 11) is 2.00. The number of carbonyl (C=O) groups excluding carboxylic acids is 1. The van der Waals surface area contributed by atoms with Gasteiger partial charge in [0, 0.05) is 19.5 Å². The molecule has 2 aliphatic rings. The van der Waals surface area contributed by atoms with Crippen molar-refractivity contribution in [2.75, 3.05) is 26.7 Å². The number of hydrogen-bond donors (Lipinski definition) is 1. The van der Waals surface area contributed by atoms with E-state index >= 15 is 0 Å².